The maximum Gasteiger partial charge on any atom is 0.340 e. The molecular weight excluding hydrogens is 288 g/mol. The van der Waals surface area contributed by atoms with Gasteiger partial charge in [0.05, 0.1) is 24.4 Å². The monoisotopic (exact) mass is 302 g/mol. The second-order valence-corrected chi connectivity index (χ2v) is 5.30. The first kappa shape index (κ1) is 13.5. The van der Waals surface area contributed by atoms with Crippen molar-refractivity contribution in [2.45, 2.75) is 0 Å². The molecule has 4 nitrogen and oxygen atoms in total. The Balaban J connectivity index is 2.07. The van der Waals surface area contributed by atoms with Gasteiger partial charge in [-0.15, -0.1) is 0 Å². The van der Waals surface area contributed by atoms with E-state index in [1.807, 2.05) is 53.2 Å². The van der Waals surface area contributed by atoms with Gasteiger partial charge in [-0.3, -0.25) is 0 Å². The molecule has 1 aliphatic carbocycles. The van der Waals surface area contributed by atoms with Gasteiger partial charge in [0.1, 0.15) is 0 Å². The molecule has 0 amide bonds. The van der Waals surface area contributed by atoms with Crippen molar-refractivity contribution in [1.82, 2.24) is 9.61 Å². The lowest BCUT2D eigenvalue weighted by Gasteiger charge is -2.06. The van der Waals surface area contributed by atoms with Gasteiger partial charge in [0.15, 0.2) is 0 Å². The summed E-state index contributed by atoms with van der Waals surface area (Å²) in [5, 5.41) is 4.39. The molecule has 4 heteroatoms. The fourth-order valence-corrected chi connectivity index (χ4v) is 2.95. The van der Waals surface area contributed by atoms with E-state index in [1.165, 1.54) is 7.11 Å². The predicted octanol–water partition coefficient (Wildman–Crippen LogP) is 3.83. The Morgan fingerprint density at radius 1 is 1.09 bits per heavy atom. The summed E-state index contributed by atoms with van der Waals surface area (Å²) in [6.07, 6.45) is 11.4. The zero-order valence-corrected chi connectivity index (χ0v) is 12.6. The zero-order chi connectivity index (χ0) is 15.8. The van der Waals surface area contributed by atoms with E-state index in [-0.39, 0.29) is 5.97 Å². The number of nitrogens with zero attached hydrogens (tertiary/aromatic N) is 2. The fraction of sp³-hybridized carbons (Fsp3) is 0.0526. The Morgan fingerprint density at radius 2 is 1.83 bits per heavy atom. The zero-order valence-electron chi connectivity index (χ0n) is 12.6. The predicted molar refractivity (Wildman–Crippen MR) is 90.0 cm³/mol. The SMILES string of the molecule is COC(=O)c1cnn2cc(-c3ccccc3)c3c2c1C=CC=C3. The van der Waals surface area contributed by atoms with E-state index in [1.54, 1.807) is 6.20 Å². The molecule has 0 spiro atoms. The summed E-state index contributed by atoms with van der Waals surface area (Å²) in [6, 6.07) is 10.2. The average molecular weight is 302 g/mol. The summed E-state index contributed by atoms with van der Waals surface area (Å²) >= 11 is 0. The molecule has 0 saturated carbocycles. The summed E-state index contributed by atoms with van der Waals surface area (Å²) in [7, 11) is 1.38. The van der Waals surface area contributed by atoms with E-state index >= 15 is 0 Å². The van der Waals surface area contributed by atoms with Gasteiger partial charge in [-0.2, -0.15) is 5.10 Å². The molecule has 23 heavy (non-hydrogen) atoms. The number of carbonyl (C=O) groups is 1. The van der Waals surface area contributed by atoms with Crippen LogP contribution in [0.1, 0.15) is 21.5 Å². The standard InChI is InChI=1S/C19H14N2O2/c1-23-19(22)16-11-20-21-12-17(13-7-3-2-4-8-13)15-10-6-5-9-14(16)18(15)21/h2-12H,1H3. The number of benzene rings is 1. The molecule has 0 aliphatic heterocycles. The van der Waals surface area contributed by atoms with Crippen molar-refractivity contribution in [3.05, 3.63) is 71.6 Å². The first-order valence-corrected chi connectivity index (χ1v) is 7.32. The van der Waals surface area contributed by atoms with Gasteiger partial charge >= 0.3 is 5.97 Å². The number of carbonyl (C=O) groups excluding carboxylic acids is 1. The highest BCUT2D eigenvalue weighted by Gasteiger charge is 2.20. The number of ether oxygens (including phenoxy) is 1. The van der Waals surface area contributed by atoms with Crippen molar-refractivity contribution in [1.29, 1.82) is 0 Å². The number of esters is 1. The van der Waals surface area contributed by atoms with Crippen LogP contribution in [-0.4, -0.2) is 22.7 Å². The number of hydrogen-bond donors (Lipinski definition) is 0. The Hall–Kier alpha value is -3.14. The van der Waals surface area contributed by atoms with Crippen molar-refractivity contribution >= 4 is 23.6 Å². The Morgan fingerprint density at radius 3 is 2.57 bits per heavy atom. The molecule has 0 unspecified atom stereocenters. The smallest absolute Gasteiger partial charge is 0.340 e. The molecule has 1 aliphatic rings. The first-order valence-electron chi connectivity index (χ1n) is 7.32. The lowest BCUT2D eigenvalue weighted by molar-refractivity contribution is 0.0600. The van der Waals surface area contributed by atoms with Gasteiger partial charge in [0.2, 0.25) is 0 Å². The van der Waals surface area contributed by atoms with Gasteiger partial charge in [-0.25, -0.2) is 9.31 Å². The Bertz CT molecular complexity index is 966. The Labute approximate surface area is 133 Å². The molecule has 0 N–H and O–H groups in total. The molecule has 2 aromatic heterocycles. The minimum Gasteiger partial charge on any atom is -0.465 e. The summed E-state index contributed by atoms with van der Waals surface area (Å²) in [5.74, 6) is -0.380. The summed E-state index contributed by atoms with van der Waals surface area (Å²) < 4.78 is 6.70. The van der Waals surface area contributed by atoms with Gasteiger partial charge < -0.3 is 4.74 Å². The second-order valence-electron chi connectivity index (χ2n) is 5.30. The highest BCUT2D eigenvalue weighted by Crippen LogP contribution is 2.34. The minimum absolute atomic E-state index is 0.380. The third kappa shape index (κ3) is 2.07. The van der Waals surface area contributed by atoms with Crippen LogP contribution >= 0.6 is 0 Å². The van der Waals surface area contributed by atoms with Gasteiger partial charge in [-0.1, -0.05) is 54.6 Å². The third-order valence-corrected chi connectivity index (χ3v) is 4.01. The highest BCUT2D eigenvalue weighted by atomic mass is 16.5. The number of hydrogen-bond acceptors (Lipinski definition) is 3. The molecule has 0 atom stereocenters. The average Bonchev–Trinajstić information content (AvgIpc) is 2.82. The van der Waals surface area contributed by atoms with Crippen LogP contribution in [0.15, 0.2) is 54.9 Å². The Kier molecular flexibility index (Phi) is 3.08. The fourth-order valence-electron chi connectivity index (χ4n) is 2.95. The van der Waals surface area contributed by atoms with Gasteiger partial charge in [0, 0.05) is 22.9 Å². The van der Waals surface area contributed by atoms with Crippen LogP contribution in [0.2, 0.25) is 0 Å². The maximum atomic E-state index is 12.0. The molecule has 0 radical (unpaired) electrons. The molecule has 3 aromatic rings. The molecule has 1 aromatic carbocycles. The lowest BCUT2D eigenvalue weighted by atomic mass is 10.0. The van der Waals surface area contributed by atoms with E-state index in [0.717, 1.165) is 27.8 Å². The molecule has 0 fully saturated rings. The molecular formula is C19H14N2O2. The molecule has 112 valence electrons. The maximum absolute atomic E-state index is 12.0. The number of allylic oxidation sites excluding steroid dienone is 2. The number of methoxy groups -OCH3 is 1. The quantitative estimate of drug-likeness (QED) is 0.676. The van der Waals surface area contributed by atoms with Crippen LogP contribution in [0.4, 0.5) is 0 Å². The van der Waals surface area contributed by atoms with E-state index in [2.05, 4.69) is 17.2 Å². The van der Waals surface area contributed by atoms with Crippen molar-refractivity contribution in [2.75, 3.05) is 7.11 Å². The second kappa shape index (κ2) is 5.25. The van der Waals surface area contributed by atoms with E-state index in [4.69, 9.17) is 4.74 Å². The normalized spacial score (nSPS) is 12.4. The van der Waals surface area contributed by atoms with E-state index < -0.39 is 0 Å². The summed E-state index contributed by atoms with van der Waals surface area (Å²) in [6.45, 7) is 0. The van der Waals surface area contributed by atoms with Crippen LogP contribution in [0.5, 0.6) is 0 Å². The van der Waals surface area contributed by atoms with E-state index in [9.17, 15) is 4.79 Å². The van der Waals surface area contributed by atoms with Crippen LogP contribution in [0.25, 0.3) is 28.8 Å². The number of rotatable bonds is 2. The minimum atomic E-state index is -0.380. The van der Waals surface area contributed by atoms with Crippen molar-refractivity contribution in [3.63, 3.8) is 0 Å². The summed E-state index contributed by atoms with van der Waals surface area (Å²) in [4.78, 5) is 12.0. The van der Waals surface area contributed by atoms with Crippen LogP contribution in [0, 0.1) is 0 Å². The van der Waals surface area contributed by atoms with Crippen molar-refractivity contribution in [3.8, 4) is 11.1 Å². The highest BCUT2D eigenvalue weighted by molar-refractivity contribution is 6.00. The largest absolute Gasteiger partial charge is 0.465 e. The van der Waals surface area contributed by atoms with Crippen molar-refractivity contribution in [2.24, 2.45) is 0 Å². The van der Waals surface area contributed by atoms with Gasteiger partial charge in [-0.05, 0) is 5.56 Å². The molecule has 0 bridgehead atoms. The molecule has 4 rings (SSSR count). The van der Waals surface area contributed by atoms with Gasteiger partial charge in [0.25, 0.3) is 0 Å². The lowest BCUT2D eigenvalue weighted by Crippen LogP contribution is -2.07. The van der Waals surface area contributed by atoms with E-state index in [0.29, 0.717) is 5.56 Å². The van der Waals surface area contributed by atoms with Crippen molar-refractivity contribution < 1.29 is 9.53 Å². The first-order chi connectivity index (χ1) is 11.3. The number of aromatic nitrogens is 2. The van der Waals surface area contributed by atoms with Crippen LogP contribution in [0.3, 0.4) is 0 Å². The van der Waals surface area contributed by atoms with Crippen LogP contribution in [-0.2, 0) is 4.74 Å². The molecule has 0 saturated heterocycles. The topological polar surface area (TPSA) is 43.6 Å². The van der Waals surface area contributed by atoms with Crippen LogP contribution < -0.4 is 0 Å². The molecule has 2 heterocycles. The summed E-state index contributed by atoms with van der Waals surface area (Å²) in [5.41, 5.74) is 5.46. The third-order valence-electron chi connectivity index (χ3n) is 4.01.